The summed E-state index contributed by atoms with van der Waals surface area (Å²) in [6.07, 6.45) is 0.409. The van der Waals surface area contributed by atoms with Gasteiger partial charge in [-0.15, -0.1) is 0 Å². The lowest BCUT2D eigenvalue weighted by Gasteiger charge is -2.00. The van der Waals surface area contributed by atoms with Crippen molar-refractivity contribution < 1.29 is 38.9 Å². The van der Waals surface area contributed by atoms with Gasteiger partial charge in [0.1, 0.15) is 5.75 Å². The molecule has 0 aliphatic carbocycles. The van der Waals surface area contributed by atoms with Gasteiger partial charge in [0.25, 0.3) is 0 Å². The normalized spacial score (nSPS) is 10.5. The number of rotatable bonds is 5. The Bertz CT molecular complexity index is 640. The molecule has 0 atom stereocenters. The van der Waals surface area contributed by atoms with Crippen LogP contribution in [0.15, 0.2) is 54.6 Å². The highest BCUT2D eigenvalue weighted by Crippen LogP contribution is 2.06. The molecule has 0 radical (unpaired) electrons. The number of hydrogen-bond donors (Lipinski definition) is 0. The smallest absolute Gasteiger partial charge is 0.357 e. The fraction of sp³-hybridized carbons (Fsp3) is 0.250. The molecule has 0 saturated carbocycles. The van der Waals surface area contributed by atoms with Crippen molar-refractivity contribution in [2.75, 3.05) is 12.9 Å². The molecule has 22 heavy (non-hydrogen) atoms. The summed E-state index contributed by atoms with van der Waals surface area (Å²) in [5.74, 6) is 0.684. The van der Waals surface area contributed by atoms with Gasteiger partial charge in [-0.25, -0.2) is 8.42 Å². The summed E-state index contributed by atoms with van der Waals surface area (Å²) < 4.78 is 37.0. The third-order valence-electron chi connectivity index (χ3n) is 2.45. The SMILES string of the molecule is CCCS(=O)(=O)[O-].COc1ccc([I+]c2ccccc2)cc1. The van der Waals surface area contributed by atoms with Crippen LogP contribution in [0.4, 0.5) is 0 Å². The Balaban J connectivity index is 0.000000295. The third kappa shape index (κ3) is 8.35. The molecule has 0 saturated heterocycles. The van der Waals surface area contributed by atoms with Crippen LogP contribution in [0.5, 0.6) is 5.75 Å². The first-order valence-corrected chi connectivity index (χ1v) is 10.5. The van der Waals surface area contributed by atoms with E-state index in [0.29, 0.717) is 6.42 Å². The molecule has 0 aliphatic heterocycles. The molecular weight excluding hydrogens is 415 g/mol. The molecule has 0 amide bonds. The van der Waals surface area contributed by atoms with Gasteiger partial charge in [-0.05, 0) is 42.8 Å². The summed E-state index contributed by atoms with van der Waals surface area (Å²) in [5, 5.41) is 0. The minimum absolute atomic E-state index is 0.0449. The average Bonchev–Trinajstić information content (AvgIpc) is 2.48. The Morgan fingerprint density at radius 3 is 1.95 bits per heavy atom. The summed E-state index contributed by atoms with van der Waals surface area (Å²) in [4.78, 5) is 0. The van der Waals surface area contributed by atoms with Crippen LogP contribution in [-0.2, 0) is 10.1 Å². The van der Waals surface area contributed by atoms with Gasteiger partial charge < -0.3 is 9.29 Å². The zero-order chi connectivity index (χ0) is 16.4. The van der Waals surface area contributed by atoms with Crippen molar-refractivity contribution in [3.63, 3.8) is 0 Å². The average molecular weight is 434 g/mol. The van der Waals surface area contributed by atoms with Gasteiger partial charge in [-0.3, -0.25) is 0 Å². The summed E-state index contributed by atoms with van der Waals surface area (Å²) >= 11 is -0.0449. The van der Waals surface area contributed by atoms with Crippen LogP contribution in [0.25, 0.3) is 0 Å². The van der Waals surface area contributed by atoms with Crippen LogP contribution in [-0.4, -0.2) is 25.8 Å². The Labute approximate surface area is 142 Å². The van der Waals surface area contributed by atoms with Gasteiger partial charge in [0.2, 0.25) is 0 Å². The molecule has 120 valence electrons. The van der Waals surface area contributed by atoms with Crippen LogP contribution < -0.4 is 25.9 Å². The van der Waals surface area contributed by atoms with Crippen molar-refractivity contribution in [3.05, 3.63) is 61.7 Å². The number of ether oxygens (including phenoxy) is 1. The second-order valence-corrected chi connectivity index (χ2v) is 8.86. The Kier molecular flexibility index (Phi) is 8.44. The molecule has 0 fully saturated rings. The van der Waals surface area contributed by atoms with Crippen LogP contribution in [0.2, 0.25) is 0 Å². The first-order chi connectivity index (χ1) is 10.4. The van der Waals surface area contributed by atoms with Crippen LogP contribution in [0.3, 0.4) is 0 Å². The molecule has 2 aromatic rings. The first kappa shape index (κ1) is 18.9. The van der Waals surface area contributed by atoms with Crippen molar-refractivity contribution >= 4 is 10.1 Å². The van der Waals surface area contributed by atoms with Gasteiger partial charge in [-0.2, -0.15) is 0 Å². The third-order valence-corrected chi connectivity index (χ3v) is 6.05. The molecule has 0 N–H and O–H groups in total. The van der Waals surface area contributed by atoms with E-state index in [9.17, 15) is 13.0 Å². The second kappa shape index (κ2) is 9.81. The lowest BCUT2D eigenvalue weighted by atomic mass is 10.3. The molecule has 0 unspecified atom stereocenters. The molecule has 2 rings (SSSR count). The quantitative estimate of drug-likeness (QED) is 0.482. The molecular formula is C16H19IO4S. The maximum atomic E-state index is 9.68. The summed E-state index contributed by atoms with van der Waals surface area (Å²) in [6, 6.07) is 19.0. The topological polar surface area (TPSA) is 66.4 Å². The van der Waals surface area contributed by atoms with Gasteiger partial charge >= 0.3 is 21.2 Å². The van der Waals surface area contributed by atoms with Gasteiger partial charge in [-0.1, -0.05) is 25.1 Å². The zero-order valence-corrected chi connectivity index (χ0v) is 15.5. The van der Waals surface area contributed by atoms with E-state index in [4.69, 9.17) is 4.74 Å². The maximum Gasteiger partial charge on any atom is 0.357 e. The predicted octanol–water partition coefficient (Wildman–Crippen LogP) is -0.235. The number of benzene rings is 2. The minimum atomic E-state index is -3.92. The van der Waals surface area contributed by atoms with E-state index < -0.39 is 10.1 Å². The van der Waals surface area contributed by atoms with Crippen LogP contribution in [0.1, 0.15) is 13.3 Å². The molecule has 6 heteroatoms. The molecule has 0 bridgehead atoms. The van der Waals surface area contributed by atoms with E-state index in [-0.39, 0.29) is 27.0 Å². The Morgan fingerprint density at radius 1 is 1.00 bits per heavy atom. The van der Waals surface area contributed by atoms with Crippen molar-refractivity contribution in [2.24, 2.45) is 0 Å². The molecule has 2 aromatic carbocycles. The highest BCUT2D eigenvalue weighted by atomic mass is 127. The highest BCUT2D eigenvalue weighted by Gasteiger charge is 2.14. The molecule has 0 spiro atoms. The summed E-state index contributed by atoms with van der Waals surface area (Å²) in [5.41, 5.74) is 0. The number of hydrogen-bond acceptors (Lipinski definition) is 4. The van der Waals surface area contributed by atoms with E-state index in [0.717, 1.165) is 5.75 Å². The Morgan fingerprint density at radius 2 is 1.55 bits per heavy atom. The molecule has 0 heterocycles. The summed E-state index contributed by atoms with van der Waals surface area (Å²) in [6.45, 7) is 1.65. The lowest BCUT2D eigenvalue weighted by molar-refractivity contribution is -0.597. The van der Waals surface area contributed by atoms with Crippen molar-refractivity contribution in [2.45, 2.75) is 13.3 Å². The Hall–Kier alpha value is -1.12. The fourth-order valence-corrected chi connectivity index (χ4v) is 4.20. The van der Waals surface area contributed by atoms with Crippen molar-refractivity contribution in [1.82, 2.24) is 0 Å². The standard InChI is InChI=1S/C13H12IO.C3H8O3S/c1-15-13-9-7-12(8-10-13)14-11-5-3-2-4-6-11;1-2-3-7(4,5)6/h2-10H,1H3;2-3H2,1H3,(H,4,5,6)/q+1;/p-1. The van der Waals surface area contributed by atoms with E-state index >= 15 is 0 Å². The predicted molar refractivity (Wildman–Crippen MR) is 81.7 cm³/mol. The number of methoxy groups -OCH3 is 1. The second-order valence-electron chi connectivity index (χ2n) is 4.31. The van der Waals surface area contributed by atoms with Crippen molar-refractivity contribution in [1.29, 1.82) is 0 Å². The summed E-state index contributed by atoms with van der Waals surface area (Å²) in [7, 11) is -2.23. The fourth-order valence-electron chi connectivity index (χ4n) is 1.49. The highest BCUT2D eigenvalue weighted by molar-refractivity contribution is 7.85. The van der Waals surface area contributed by atoms with Crippen LogP contribution in [0, 0.1) is 7.14 Å². The molecule has 4 nitrogen and oxygen atoms in total. The monoisotopic (exact) mass is 434 g/mol. The van der Waals surface area contributed by atoms with Gasteiger partial charge in [0.15, 0.2) is 7.14 Å². The molecule has 0 aromatic heterocycles. The molecule has 0 aliphatic rings. The van der Waals surface area contributed by atoms with Gasteiger partial charge in [0, 0.05) is 5.75 Å². The van der Waals surface area contributed by atoms with Crippen molar-refractivity contribution in [3.8, 4) is 5.75 Å². The zero-order valence-electron chi connectivity index (χ0n) is 12.5. The minimum Gasteiger partial charge on any atom is -0.748 e. The van der Waals surface area contributed by atoms with E-state index in [1.165, 1.54) is 7.14 Å². The maximum absolute atomic E-state index is 9.68. The largest absolute Gasteiger partial charge is 0.748 e. The van der Waals surface area contributed by atoms with E-state index in [1.54, 1.807) is 14.0 Å². The van der Waals surface area contributed by atoms with Gasteiger partial charge in [0.05, 0.1) is 17.2 Å². The van der Waals surface area contributed by atoms with Crippen LogP contribution >= 0.6 is 0 Å². The van der Waals surface area contributed by atoms with E-state index in [2.05, 4.69) is 42.5 Å². The first-order valence-electron chi connectivity index (χ1n) is 6.72. The van der Waals surface area contributed by atoms with E-state index in [1.807, 2.05) is 12.1 Å². The lowest BCUT2D eigenvalue weighted by Crippen LogP contribution is -3.61. The number of halogens is 1.